The normalized spacial score (nSPS) is 14.7. The summed E-state index contributed by atoms with van der Waals surface area (Å²) in [6, 6.07) is 0. The number of aryl methyl sites for hydroxylation is 2. The molecule has 0 fully saturated rings. The molecule has 2 amide bonds. The molecule has 1 aliphatic carbocycles. The predicted octanol–water partition coefficient (Wildman–Crippen LogP) is 2.49. The van der Waals surface area contributed by atoms with E-state index in [0.717, 1.165) is 31.2 Å². The first-order valence-corrected chi connectivity index (χ1v) is 8.62. The Morgan fingerprint density at radius 1 is 1.26 bits per heavy atom. The van der Waals surface area contributed by atoms with E-state index < -0.39 is 5.91 Å². The summed E-state index contributed by atoms with van der Waals surface area (Å²) in [7, 11) is 1.75. The Hall–Kier alpha value is -2.15. The average Bonchev–Trinajstić information content (AvgIpc) is 3.03. The Morgan fingerprint density at radius 3 is 2.65 bits per heavy atom. The zero-order valence-corrected chi connectivity index (χ0v) is 13.9. The van der Waals surface area contributed by atoms with Gasteiger partial charge in [-0.25, -0.2) is 0 Å². The molecule has 2 heterocycles. The third-order valence-electron chi connectivity index (χ3n) is 4.11. The first-order valence-electron chi connectivity index (χ1n) is 7.80. The Morgan fingerprint density at radius 2 is 2.00 bits per heavy atom. The molecule has 1 aliphatic rings. The maximum absolute atomic E-state index is 12.3. The van der Waals surface area contributed by atoms with E-state index in [1.807, 2.05) is 0 Å². The van der Waals surface area contributed by atoms with E-state index in [4.69, 9.17) is 5.73 Å². The summed E-state index contributed by atoms with van der Waals surface area (Å²) in [6.07, 6.45) is 9.49. The van der Waals surface area contributed by atoms with E-state index in [0.29, 0.717) is 16.1 Å². The average molecular weight is 332 g/mol. The first-order chi connectivity index (χ1) is 11.1. The van der Waals surface area contributed by atoms with Gasteiger partial charge in [-0.1, -0.05) is 12.8 Å². The van der Waals surface area contributed by atoms with E-state index >= 15 is 0 Å². The SMILES string of the molecule is Cn1cc(C(=O)Nc2sc3c(c2C(N)=O)CCCCCC3)cn1. The van der Waals surface area contributed by atoms with Crippen molar-refractivity contribution in [2.75, 3.05) is 5.32 Å². The van der Waals surface area contributed by atoms with Crippen molar-refractivity contribution < 1.29 is 9.59 Å². The molecule has 2 aromatic heterocycles. The van der Waals surface area contributed by atoms with Crippen molar-refractivity contribution in [1.29, 1.82) is 0 Å². The van der Waals surface area contributed by atoms with Crippen LogP contribution in [0.25, 0.3) is 0 Å². The fourth-order valence-corrected chi connectivity index (χ4v) is 4.27. The largest absolute Gasteiger partial charge is 0.365 e. The quantitative estimate of drug-likeness (QED) is 0.905. The van der Waals surface area contributed by atoms with Crippen LogP contribution in [0.2, 0.25) is 0 Å². The van der Waals surface area contributed by atoms with Gasteiger partial charge in [0.05, 0.1) is 17.3 Å². The topological polar surface area (TPSA) is 90.0 Å². The molecule has 0 aromatic carbocycles. The van der Waals surface area contributed by atoms with E-state index in [1.165, 1.54) is 35.3 Å². The second-order valence-corrected chi connectivity index (χ2v) is 6.95. The van der Waals surface area contributed by atoms with Crippen molar-refractivity contribution >= 4 is 28.2 Å². The van der Waals surface area contributed by atoms with Crippen LogP contribution in [0.4, 0.5) is 5.00 Å². The highest BCUT2D eigenvalue weighted by atomic mass is 32.1. The molecule has 2 aromatic rings. The number of rotatable bonds is 3. The van der Waals surface area contributed by atoms with Gasteiger partial charge in [-0.15, -0.1) is 11.3 Å². The molecule has 122 valence electrons. The van der Waals surface area contributed by atoms with Crippen LogP contribution in [-0.4, -0.2) is 21.6 Å². The summed E-state index contributed by atoms with van der Waals surface area (Å²) in [5.74, 6) is -0.737. The van der Waals surface area contributed by atoms with Gasteiger partial charge in [-0.05, 0) is 31.2 Å². The molecule has 0 atom stereocenters. The molecule has 23 heavy (non-hydrogen) atoms. The monoisotopic (exact) mass is 332 g/mol. The third-order valence-corrected chi connectivity index (χ3v) is 5.32. The number of hydrogen-bond acceptors (Lipinski definition) is 4. The van der Waals surface area contributed by atoms with Crippen molar-refractivity contribution in [3.63, 3.8) is 0 Å². The maximum atomic E-state index is 12.3. The minimum absolute atomic E-state index is 0.269. The Balaban J connectivity index is 1.93. The molecule has 0 unspecified atom stereocenters. The van der Waals surface area contributed by atoms with Gasteiger partial charge in [0.2, 0.25) is 0 Å². The smallest absolute Gasteiger partial charge is 0.259 e. The van der Waals surface area contributed by atoms with Crippen molar-refractivity contribution in [2.45, 2.75) is 38.5 Å². The minimum atomic E-state index is -0.468. The summed E-state index contributed by atoms with van der Waals surface area (Å²) in [5.41, 5.74) is 7.57. The second-order valence-electron chi connectivity index (χ2n) is 5.84. The second kappa shape index (κ2) is 6.54. The summed E-state index contributed by atoms with van der Waals surface area (Å²) in [4.78, 5) is 25.5. The molecule has 0 bridgehead atoms. The van der Waals surface area contributed by atoms with Gasteiger partial charge in [0.15, 0.2) is 0 Å². The van der Waals surface area contributed by atoms with Gasteiger partial charge in [0.25, 0.3) is 11.8 Å². The van der Waals surface area contributed by atoms with Gasteiger partial charge >= 0.3 is 0 Å². The van der Waals surface area contributed by atoms with Gasteiger partial charge in [0.1, 0.15) is 5.00 Å². The van der Waals surface area contributed by atoms with Crippen LogP contribution in [0.1, 0.15) is 56.8 Å². The fourth-order valence-electron chi connectivity index (χ4n) is 2.98. The number of carbonyl (C=O) groups excluding carboxylic acids is 2. The molecule has 0 radical (unpaired) electrons. The van der Waals surface area contributed by atoms with Crippen molar-refractivity contribution in [1.82, 2.24) is 9.78 Å². The van der Waals surface area contributed by atoms with Crippen molar-refractivity contribution in [3.8, 4) is 0 Å². The number of anilines is 1. The number of amides is 2. The molecule has 3 rings (SSSR count). The third kappa shape index (κ3) is 3.29. The number of hydrogen-bond donors (Lipinski definition) is 2. The molecule has 3 N–H and O–H groups in total. The summed E-state index contributed by atoms with van der Waals surface area (Å²) < 4.78 is 1.57. The fraction of sp³-hybridized carbons (Fsp3) is 0.438. The van der Waals surface area contributed by atoms with Crippen LogP contribution in [0.15, 0.2) is 12.4 Å². The number of thiophene rings is 1. The lowest BCUT2D eigenvalue weighted by molar-refractivity contribution is 0.100. The molecule has 0 saturated carbocycles. The van der Waals surface area contributed by atoms with Crippen LogP contribution >= 0.6 is 11.3 Å². The van der Waals surface area contributed by atoms with E-state index in [-0.39, 0.29) is 5.91 Å². The van der Waals surface area contributed by atoms with Crippen LogP contribution < -0.4 is 11.1 Å². The van der Waals surface area contributed by atoms with Gasteiger partial charge in [-0.3, -0.25) is 14.3 Å². The summed E-state index contributed by atoms with van der Waals surface area (Å²) >= 11 is 1.48. The van der Waals surface area contributed by atoms with E-state index in [1.54, 1.807) is 17.9 Å². The zero-order valence-electron chi connectivity index (χ0n) is 13.1. The molecule has 0 saturated heterocycles. The number of nitrogens with one attached hydrogen (secondary N) is 1. The lowest BCUT2D eigenvalue weighted by Crippen LogP contribution is -2.18. The summed E-state index contributed by atoms with van der Waals surface area (Å²) in [5, 5.41) is 7.41. The molecular weight excluding hydrogens is 312 g/mol. The lowest BCUT2D eigenvalue weighted by atomic mass is 9.96. The molecule has 0 spiro atoms. The molecule has 6 nitrogen and oxygen atoms in total. The number of fused-ring (bicyclic) bond motifs is 1. The Bertz CT molecular complexity index is 747. The van der Waals surface area contributed by atoms with Crippen LogP contribution in [-0.2, 0) is 19.9 Å². The molecular formula is C16H20N4O2S. The Labute approximate surface area is 138 Å². The van der Waals surface area contributed by atoms with Gasteiger partial charge in [0, 0.05) is 18.1 Å². The van der Waals surface area contributed by atoms with Crippen LogP contribution in [0.3, 0.4) is 0 Å². The minimum Gasteiger partial charge on any atom is -0.365 e. The van der Waals surface area contributed by atoms with Crippen molar-refractivity contribution in [2.24, 2.45) is 12.8 Å². The highest BCUT2D eigenvalue weighted by molar-refractivity contribution is 7.17. The lowest BCUT2D eigenvalue weighted by Gasteiger charge is -2.10. The van der Waals surface area contributed by atoms with Gasteiger partial charge < -0.3 is 11.1 Å². The highest BCUT2D eigenvalue weighted by Crippen LogP contribution is 2.37. The molecule has 0 aliphatic heterocycles. The maximum Gasteiger partial charge on any atom is 0.259 e. The van der Waals surface area contributed by atoms with Gasteiger partial charge in [-0.2, -0.15) is 5.10 Å². The van der Waals surface area contributed by atoms with E-state index in [9.17, 15) is 9.59 Å². The standard InChI is InChI=1S/C16H20N4O2S/c1-20-9-10(8-18-20)15(22)19-16-13(14(17)21)11-6-4-2-3-5-7-12(11)23-16/h8-9H,2-7H2,1H3,(H2,17,21)(H,19,22). The number of aromatic nitrogens is 2. The molecule has 7 heteroatoms. The van der Waals surface area contributed by atoms with Crippen LogP contribution in [0, 0.1) is 0 Å². The Kier molecular flexibility index (Phi) is 4.47. The predicted molar refractivity (Wildman–Crippen MR) is 89.9 cm³/mol. The van der Waals surface area contributed by atoms with E-state index in [2.05, 4.69) is 10.4 Å². The first kappa shape index (κ1) is 15.7. The van der Waals surface area contributed by atoms with Crippen LogP contribution in [0.5, 0.6) is 0 Å². The zero-order chi connectivity index (χ0) is 16.4. The highest BCUT2D eigenvalue weighted by Gasteiger charge is 2.24. The number of nitrogens with two attached hydrogens (primary N) is 1. The number of primary amides is 1. The summed E-state index contributed by atoms with van der Waals surface area (Å²) in [6.45, 7) is 0. The number of carbonyl (C=O) groups is 2. The number of nitrogens with zero attached hydrogens (tertiary/aromatic N) is 2. The van der Waals surface area contributed by atoms with Crippen molar-refractivity contribution in [3.05, 3.63) is 34.0 Å².